The Morgan fingerprint density at radius 3 is 1.93 bits per heavy atom. The molecule has 0 spiro atoms. The molecule has 2 amide bonds. The Bertz CT molecular complexity index is 268. The van der Waals surface area contributed by atoms with Crippen LogP contribution in [-0.2, 0) is 9.59 Å². The Morgan fingerprint density at radius 1 is 1.20 bits per heavy atom. The number of carbonyl (C=O) groups excluding carboxylic acids is 2. The van der Waals surface area contributed by atoms with Gasteiger partial charge >= 0.3 is 0 Å². The molecule has 0 saturated carbocycles. The van der Waals surface area contributed by atoms with Crippen LogP contribution in [0.4, 0.5) is 0 Å². The first-order valence-electron chi connectivity index (χ1n) is 5.26. The zero-order valence-electron chi connectivity index (χ0n) is 9.78. The van der Waals surface area contributed by atoms with Gasteiger partial charge in [-0.1, -0.05) is 27.7 Å². The Balaban J connectivity index is 2.80. The number of amides is 2. The largest absolute Gasteiger partial charge is 0.282 e. The van der Waals surface area contributed by atoms with Gasteiger partial charge in [0.05, 0.1) is 0 Å². The molecule has 0 radical (unpaired) electrons. The van der Waals surface area contributed by atoms with Crippen molar-refractivity contribution in [2.24, 2.45) is 17.3 Å². The summed E-state index contributed by atoms with van der Waals surface area (Å²) in [5.74, 6) is 0.235. The average molecular weight is 229 g/mol. The zero-order chi connectivity index (χ0) is 11.8. The van der Waals surface area contributed by atoms with E-state index in [9.17, 15) is 9.59 Å². The fourth-order valence-electron chi connectivity index (χ4n) is 1.66. The van der Waals surface area contributed by atoms with Crippen molar-refractivity contribution >= 4 is 24.4 Å². The van der Waals surface area contributed by atoms with Gasteiger partial charge in [0, 0.05) is 18.4 Å². The molecule has 1 rings (SSSR count). The summed E-state index contributed by atoms with van der Waals surface area (Å²) in [5.41, 5.74) is -0.113. The summed E-state index contributed by atoms with van der Waals surface area (Å²) in [5, 5.41) is 0. The van der Waals surface area contributed by atoms with E-state index in [1.807, 2.05) is 27.7 Å². The topological polar surface area (TPSA) is 37.4 Å². The van der Waals surface area contributed by atoms with E-state index in [-0.39, 0.29) is 29.1 Å². The molecule has 2 atom stereocenters. The third kappa shape index (κ3) is 2.36. The smallest absolute Gasteiger partial charge is 0.232 e. The van der Waals surface area contributed by atoms with Crippen LogP contribution >= 0.6 is 12.6 Å². The van der Waals surface area contributed by atoms with Gasteiger partial charge in [-0.15, -0.1) is 0 Å². The Hall–Kier alpha value is -0.510. The molecule has 1 saturated heterocycles. The molecule has 86 valence electrons. The highest BCUT2D eigenvalue weighted by molar-refractivity contribution is 7.80. The van der Waals surface area contributed by atoms with E-state index in [1.165, 1.54) is 4.90 Å². The molecule has 1 fully saturated rings. The minimum atomic E-state index is -0.173. The number of hydrogen-bond donors (Lipinski definition) is 1. The highest BCUT2D eigenvalue weighted by Crippen LogP contribution is 2.29. The molecule has 2 unspecified atom stereocenters. The summed E-state index contributed by atoms with van der Waals surface area (Å²) < 4.78 is 0. The quantitative estimate of drug-likeness (QED) is 0.589. The highest BCUT2D eigenvalue weighted by Gasteiger charge is 2.43. The van der Waals surface area contributed by atoms with Crippen molar-refractivity contribution in [3.8, 4) is 0 Å². The van der Waals surface area contributed by atoms with Crippen LogP contribution < -0.4 is 0 Å². The molecule has 1 aliphatic rings. The second-order valence-electron chi connectivity index (χ2n) is 5.16. The molecule has 0 aromatic rings. The molecule has 1 heterocycles. The Morgan fingerprint density at radius 2 is 1.60 bits per heavy atom. The number of hydrogen-bond acceptors (Lipinski definition) is 3. The van der Waals surface area contributed by atoms with Crippen molar-refractivity contribution < 1.29 is 9.59 Å². The summed E-state index contributed by atoms with van der Waals surface area (Å²) in [6.45, 7) is 8.13. The molecule has 0 aromatic carbocycles. The van der Waals surface area contributed by atoms with Crippen LogP contribution in [0.1, 0.15) is 27.7 Å². The summed E-state index contributed by atoms with van der Waals surface area (Å²) in [6.07, 6.45) is 0. The van der Waals surface area contributed by atoms with Gasteiger partial charge in [-0.3, -0.25) is 14.5 Å². The van der Waals surface area contributed by atoms with E-state index in [0.29, 0.717) is 12.3 Å². The maximum atomic E-state index is 11.8. The fraction of sp³-hybridized carbons (Fsp3) is 0.818. The van der Waals surface area contributed by atoms with Crippen LogP contribution in [0, 0.1) is 17.3 Å². The first kappa shape index (κ1) is 12.6. The Labute approximate surface area is 96.6 Å². The van der Waals surface area contributed by atoms with E-state index in [4.69, 9.17) is 0 Å². The van der Waals surface area contributed by atoms with Crippen molar-refractivity contribution in [2.75, 3.05) is 12.3 Å². The maximum Gasteiger partial charge on any atom is 0.232 e. The molecule has 4 heteroatoms. The minimum absolute atomic E-state index is 0.0395. The van der Waals surface area contributed by atoms with E-state index >= 15 is 0 Å². The lowest BCUT2D eigenvalue weighted by Gasteiger charge is -2.27. The predicted molar refractivity (Wildman–Crippen MR) is 62.7 cm³/mol. The molecule has 0 bridgehead atoms. The van der Waals surface area contributed by atoms with E-state index in [1.54, 1.807) is 0 Å². The number of likely N-dealkylation sites (tertiary alicyclic amines) is 1. The van der Waals surface area contributed by atoms with Crippen molar-refractivity contribution in [3.05, 3.63) is 0 Å². The van der Waals surface area contributed by atoms with E-state index in [0.717, 1.165) is 0 Å². The lowest BCUT2D eigenvalue weighted by Crippen LogP contribution is -2.39. The van der Waals surface area contributed by atoms with Gasteiger partial charge in [0.1, 0.15) is 0 Å². The van der Waals surface area contributed by atoms with Gasteiger partial charge in [-0.05, 0) is 11.2 Å². The molecular weight excluding hydrogens is 210 g/mol. The van der Waals surface area contributed by atoms with E-state index < -0.39 is 0 Å². The normalized spacial score (nSPS) is 27.7. The molecular formula is C11H19NO2S. The molecule has 3 nitrogen and oxygen atoms in total. The van der Waals surface area contributed by atoms with Crippen LogP contribution in [0.2, 0.25) is 0 Å². The molecule has 0 aromatic heterocycles. The van der Waals surface area contributed by atoms with Crippen LogP contribution in [0.3, 0.4) is 0 Å². The van der Waals surface area contributed by atoms with Crippen LogP contribution in [0.15, 0.2) is 0 Å². The highest BCUT2D eigenvalue weighted by atomic mass is 32.1. The first-order chi connectivity index (χ1) is 6.80. The minimum Gasteiger partial charge on any atom is -0.282 e. The molecule has 0 aliphatic carbocycles. The summed E-state index contributed by atoms with van der Waals surface area (Å²) in [6, 6.07) is 0. The average Bonchev–Trinajstić information content (AvgIpc) is 2.36. The second kappa shape index (κ2) is 4.16. The molecule has 15 heavy (non-hydrogen) atoms. The van der Waals surface area contributed by atoms with Crippen LogP contribution in [0.25, 0.3) is 0 Å². The standard InChI is InChI=1S/C11H19NO2S/c1-7-8(2)10(14)12(9(7)13)5-11(3,4)6-15/h7-8,15H,5-6H2,1-4H3. The SMILES string of the molecule is CC1C(=O)N(CC(C)(C)CS)C(=O)C1C. The number of imide groups is 1. The van der Waals surface area contributed by atoms with Crippen molar-refractivity contribution in [1.29, 1.82) is 0 Å². The lowest BCUT2D eigenvalue weighted by molar-refractivity contribution is -0.141. The number of thiol groups is 1. The molecule has 0 N–H and O–H groups in total. The van der Waals surface area contributed by atoms with E-state index in [2.05, 4.69) is 12.6 Å². The van der Waals surface area contributed by atoms with Crippen molar-refractivity contribution in [2.45, 2.75) is 27.7 Å². The monoisotopic (exact) mass is 229 g/mol. The zero-order valence-corrected chi connectivity index (χ0v) is 10.7. The summed E-state index contributed by atoms with van der Waals surface area (Å²) in [4.78, 5) is 25.0. The van der Waals surface area contributed by atoms with Crippen molar-refractivity contribution in [1.82, 2.24) is 4.90 Å². The van der Waals surface area contributed by atoms with Crippen LogP contribution in [-0.4, -0.2) is 29.0 Å². The number of nitrogens with zero attached hydrogens (tertiary/aromatic N) is 1. The van der Waals surface area contributed by atoms with Gasteiger partial charge in [-0.25, -0.2) is 0 Å². The second-order valence-corrected chi connectivity index (χ2v) is 5.48. The Kier molecular flexibility index (Phi) is 3.48. The van der Waals surface area contributed by atoms with Gasteiger partial charge in [0.15, 0.2) is 0 Å². The fourth-order valence-corrected chi connectivity index (χ4v) is 1.76. The lowest BCUT2D eigenvalue weighted by atomic mass is 9.96. The summed E-state index contributed by atoms with van der Waals surface area (Å²) in [7, 11) is 0. The third-order valence-corrected chi connectivity index (χ3v) is 3.93. The van der Waals surface area contributed by atoms with Gasteiger partial charge in [0.2, 0.25) is 11.8 Å². The van der Waals surface area contributed by atoms with Crippen molar-refractivity contribution in [3.63, 3.8) is 0 Å². The van der Waals surface area contributed by atoms with Crippen LogP contribution in [0.5, 0.6) is 0 Å². The molecule has 1 aliphatic heterocycles. The van der Waals surface area contributed by atoms with Gasteiger partial charge in [-0.2, -0.15) is 12.6 Å². The number of rotatable bonds is 3. The predicted octanol–water partition coefficient (Wildman–Crippen LogP) is 1.58. The summed E-state index contributed by atoms with van der Waals surface area (Å²) >= 11 is 4.23. The number of carbonyl (C=O) groups is 2. The maximum absolute atomic E-state index is 11.8. The van der Waals surface area contributed by atoms with Gasteiger partial charge < -0.3 is 0 Å². The third-order valence-electron chi connectivity index (χ3n) is 3.08. The first-order valence-corrected chi connectivity index (χ1v) is 5.89. The van der Waals surface area contributed by atoms with Gasteiger partial charge in [0.25, 0.3) is 0 Å².